The summed E-state index contributed by atoms with van der Waals surface area (Å²) in [6, 6.07) is 5.61. The van der Waals surface area contributed by atoms with Crippen molar-refractivity contribution >= 4 is 27.5 Å². The fourth-order valence-electron chi connectivity index (χ4n) is 1.76. The number of halogens is 2. The van der Waals surface area contributed by atoms with Gasteiger partial charge in [-0.25, -0.2) is 0 Å². The van der Waals surface area contributed by atoms with E-state index in [2.05, 4.69) is 15.9 Å². The number of hydrogen-bond acceptors (Lipinski definition) is 2. The van der Waals surface area contributed by atoms with Crippen LogP contribution in [0.25, 0.3) is 0 Å². The van der Waals surface area contributed by atoms with E-state index in [4.69, 9.17) is 21.1 Å². The van der Waals surface area contributed by atoms with Gasteiger partial charge in [0.15, 0.2) is 0 Å². The summed E-state index contributed by atoms with van der Waals surface area (Å²) in [6.07, 6.45) is 3.62. The van der Waals surface area contributed by atoms with Crippen LogP contribution >= 0.6 is 27.5 Å². The van der Waals surface area contributed by atoms with E-state index >= 15 is 0 Å². The molecule has 0 radical (unpaired) electrons. The van der Waals surface area contributed by atoms with Crippen molar-refractivity contribution < 1.29 is 9.47 Å². The van der Waals surface area contributed by atoms with Gasteiger partial charge in [-0.2, -0.15) is 0 Å². The number of benzene rings is 1. The molecule has 1 aliphatic rings. The van der Waals surface area contributed by atoms with E-state index in [9.17, 15) is 0 Å². The molecule has 1 aliphatic heterocycles. The van der Waals surface area contributed by atoms with E-state index in [1.54, 1.807) is 0 Å². The Bertz CT molecular complexity index is 351. The van der Waals surface area contributed by atoms with Crippen molar-refractivity contribution in [1.29, 1.82) is 0 Å². The molecule has 16 heavy (non-hydrogen) atoms. The molecule has 2 nitrogen and oxygen atoms in total. The molecule has 1 aromatic carbocycles. The number of rotatable bonds is 4. The van der Waals surface area contributed by atoms with Crippen molar-refractivity contribution in [3.05, 3.63) is 27.7 Å². The van der Waals surface area contributed by atoms with Gasteiger partial charge in [0.25, 0.3) is 0 Å². The van der Waals surface area contributed by atoms with Crippen molar-refractivity contribution in [2.45, 2.75) is 25.4 Å². The van der Waals surface area contributed by atoms with Crippen LogP contribution in [0.2, 0.25) is 5.02 Å². The molecule has 1 atom stereocenters. The third-order valence-corrected chi connectivity index (χ3v) is 3.42. The molecule has 0 aromatic heterocycles. The standard InChI is InChI=1S/C12H14BrClO2/c13-9-3-4-11(14)12(8-9)16-7-5-10-2-1-6-15-10/h3-4,8,10H,1-2,5-7H2. The van der Waals surface area contributed by atoms with Crippen molar-refractivity contribution in [2.24, 2.45) is 0 Å². The Balaban J connectivity index is 1.82. The summed E-state index contributed by atoms with van der Waals surface area (Å²) in [6.45, 7) is 1.54. The zero-order valence-electron chi connectivity index (χ0n) is 8.92. The Hall–Kier alpha value is -0.250. The van der Waals surface area contributed by atoms with Crippen molar-refractivity contribution in [3.63, 3.8) is 0 Å². The lowest BCUT2D eigenvalue weighted by Gasteiger charge is -2.11. The molecule has 0 aliphatic carbocycles. The van der Waals surface area contributed by atoms with E-state index in [1.165, 1.54) is 6.42 Å². The van der Waals surface area contributed by atoms with Gasteiger partial charge in [0.1, 0.15) is 5.75 Å². The minimum absolute atomic E-state index is 0.367. The quantitative estimate of drug-likeness (QED) is 0.835. The zero-order valence-corrected chi connectivity index (χ0v) is 11.3. The second-order valence-electron chi connectivity index (χ2n) is 3.85. The first-order valence-corrected chi connectivity index (χ1v) is 6.62. The zero-order chi connectivity index (χ0) is 11.4. The lowest BCUT2D eigenvalue weighted by Crippen LogP contribution is -2.10. The first kappa shape index (κ1) is 12.2. The van der Waals surface area contributed by atoms with Crippen LogP contribution < -0.4 is 4.74 Å². The SMILES string of the molecule is Clc1ccc(Br)cc1OCCC1CCCO1. The van der Waals surface area contributed by atoms with Crippen molar-refractivity contribution in [1.82, 2.24) is 0 Å². The molecule has 0 amide bonds. The average Bonchev–Trinajstić information content (AvgIpc) is 2.76. The van der Waals surface area contributed by atoms with Crippen molar-refractivity contribution in [2.75, 3.05) is 13.2 Å². The lowest BCUT2D eigenvalue weighted by atomic mass is 10.2. The molecular formula is C12H14BrClO2. The third-order valence-electron chi connectivity index (χ3n) is 2.61. The summed E-state index contributed by atoms with van der Waals surface area (Å²) >= 11 is 9.41. The minimum Gasteiger partial charge on any atom is -0.492 e. The van der Waals surface area contributed by atoms with Crippen molar-refractivity contribution in [3.8, 4) is 5.75 Å². The molecule has 4 heteroatoms. The first-order chi connectivity index (χ1) is 7.75. The molecule has 1 saturated heterocycles. The molecule has 1 fully saturated rings. The highest BCUT2D eigenvalue weighted by molar-refractivity contribution is 9.10. The summed E-state index contributed by atoms with van der Waals surface area (Å²) < 4.78 is 12.1. The molecule has 88 valence electrons. The minimum atomic E-state index is 0.367. The molecule has 2 rings (SSSR count). The van der Waals surface area contributed by atoms with Gasteiger partial charge < -0.3 is 9.47 Å². The Morgan fingerprint density at radius 2 is 2.38 bits per heavy atom. The highest BCUT2D eigenvalue weighted by atomic mass is 79.9. The van der Waals surface area contributed by atoms with E-state index in [1.807, 2.05) is 18.2 Å². The summed E-state index contributed by atoms with van der Waals surface area (Å²) in [5.41, 5.74) is 0. The summed E-state index contributed by atoms with van der Waals surface area (Å²) in [7, 11) is 0. The average molecular weight is 306 g/mol. The summed E-state index contributed by atoms with van der Waals surface area (Å²) in [5, 5.41) is 0.649. The van der Waals surface area contributed by atoms with Gasteiger partial charge in [-0.05, 0) is 31.0 Å². The molecule has 0 spiro atoms. The largest absolute Gasteiger partial charge is 0.492 e. The van der Waals surface area contributed by atoms with E-state index in [0.717, 1.165) is 29.7 Å². The highest BCUT2D eigenvalue weighted by Gasteiger charge is 2.15. The summed E-state index contributed by atoms with van der Waals surface area (Å²) in [5.74, 6) is 0.731. The molecule has 1 unspecified atom stereocenters. The van der Waals surface area contributed by atoms with Gasteiger partial charge in [-0.3, -0.25) is 0 Å². The normalized spacial score (nSPS) is 20.0. The predicted octanol–water partition coefficient (Wildman–Crippen LogP) is 4.05. The van der Waals surface area contributed by atoms with Crippen LogP contribution in [0, 0.1) is 0 Å². The third kappa shape index (κ3) is 3.37. The maximum Gasteiger partial charge on any atom is 0.139 e. The number of hydrogen-bond donors (Lipinski definition) is 0. The van der Waals surface area contributed by atoms with Crippen LogP contribution in [0.4, 0.5) is 0 Å². The van der Waals surface area contributed by atoms with Crippen LogP contribution in [-0.2, 0) is 4.74 Å². The summed E-state index contributed by atoms with van der Waals surface area (Å²) in [4.78, 5) is 0. The first-order valence-electron chi connectivity index (χ1n) is 5.45. The van der Waals surface area contributed by atoms with Crippen LogP contribution in [0.5, 0.6) is 5.75 Å². The second kappa shape index (κ2) is 5.89. The molecule has 1 aromatic rings. The van der Waals surface area contributed by atoms with Crippen LogP contribution in [0.15, 0.2) is 22.7 Å². The van der Waals surface area contributed by atoms with Gasteiger partial charge >= 0.3 is 0 Å². The Labute approximate surface area is 109 Å². The van der Waals surface area contributed by atoms with E-state index in [-0.39, 0.29) is 0 Å². The van der Waals surface area contributed by atoms with Crippen LogP contribution in [0.3, 0.4) is 0 Å². The maximum absolute atomic E-state index is 6.01. The van der Waals surface area contributed by atoms with E-state index in [0.29, 0.717) is 17.7 Å². The number of ether oxygens (including phenoxy) is 2. The second-order valence-corrected chi connectivity index (χ2v) is 5.17. The smallest absolute Gasteiger partial charge is 0.139 e. The Morgan fingerprint density at radius 3 is 3.12 bits per heavy atom. The molecule has 0 saturated carbocycles. The predicted molar refractivity (Wildman–Crippen MR) is 68.2 cm³/mol. The molecule has 0 N–H and O–H groups in total. The van der Waals surface area contributed by atoms with Gasteiger partial charge in [0, 0.05) is 17.5 Å². The lowest BCUT2D eigenvalue weighted by molar-refractivity contribution is 0.0903. The van der Waals surface area contributed by atoms with E-state index < -0.39 is 0 Å². The van der Waals surface area contributed by atoms with Crippen LogP contribution in [-0.4, -0.2) is 19.3 Å². The molecular weight excluding hydrogens is 291 g/mol. The van der Waals surface area contributed by atoms with Gasteiger partial charge in [0.05, 0.1) is 17.7 Å². The van der Waals surface area contributed by atoms with Gasteiger partial charge in [-0.1, -0.05) is 27.5 Å². The van der Waals surface area contributed by atoms with Crippen LogP contribution in [0.1, 0.15) is 19.3 Å². The molecule has 1 heterocycles. The monoisotopic (exact) mass is 304 g/mol. The van der Waals surface area contributed by atoms with Gasteiger partial charge in [-0.15, -0.1) is 0 Å². The Kier molecular flexibility index (Phi) is 4.50. The topological polar surface area (TPSA) is 18.5 Å². The fraction of sp³-hybridized carbons (Fsp3) is 0.500. The molecule has 0 bridgehead atoms. The Morgan fingerprint density at radius 1 is 1.50 bits per heavy atom. The van der Waals surface area contributed by atoms with Gasteiger partial charge in [0.2, 0.25) is 0 Å². The highest BCUT2D eigenvalue weighted by Crippen LogP contribution is 2.28. The maximum atomic E-state index is 6.01. The fourth-order valence-corrected chi connectivity index (χ4v) is 2.27.